The maximum atomic E-state index is 12.5. The molecular weight excluding hydrogens is 372 g/mol. The molecule has 1 heterocycles. The zero-order valence-electron chi connectivity index (χ0n) is 19.7. The molecule has 3 saturated carbocycles. The number of hydrogen-bond donors (Lipinski definition) is 2. The molecule has 4 heteroatoms. The number of nitrogens with one attached hydrogen (secondary N) is 1. The molecule has 0 spiro atoms. The second kappa shape index (κ2) is 10.8. The zero-order valence-corrected chi connectivity index (χ0v) is 19.7. The Balaban J connectivity index is 1.21. The van der Waals surface area contributed by atoms with Crippen molar-refractivity contribution in [3.8, 4) is 0 Å². The molecule has 0 aromatic carbocycles. The number of hydrogen-bond acceptors (Lipinski definition) is 3. The van der Waals surface area contributed by atoms with Crippen LogP contribution < -0.4 is 10.7 Å². The Kier molecular flexibility index (Phi) is 8.44. The first-order valence-electron chi connectivity index (χ1n) is 12.6. The van der Waals surface area contributed by atoms with Crippen LogP contribution in [0.5, 0.6) is 0 Å². The smallest absolute Gasteiger partial charge is 0.188 e. The number of fused-ring (bicyclic) bond motifs is 3. The summed E-state index contributed by atoms with van der Waals surface area (Å²) in [6, 6.07) is 0. The van der Waals surface area contributed by atoms with Gasteiger partial charge in [-0.1, -0.05) is 38.5 Å². The van der Waals surface area contributed by atoms with Crippen LogP contribution in [0.3, 0.4) is 0 Å². The number of rotatable bonds is 12. The highest BCUT2D eigenvalue weighted by Crippen LogP contribution is 2.43. The summed E-state index contributed by atoms with van der Waals surface area (Å²) in [7, 11) is 0. The fourth-order valence-corrected chi connectivity index (χ4v) is 5.74. The molecule has 3 aliphatic carbocycles. The van der Waals surface area contributed by atoms with Gasteiger partial charge < -0.3 is 10.5 Å². The van der Waals surface area contributed by atoms with Crippen LogP contribution in [-0.4, -0.2) is 22.0 Å². The number of pyridine rings is 1. The van der Waals surface area contributed by atoms with E-state index in [1.54, 1.807) is 6.92 Å². The van der Waals surface area contributed by atoms with E-state index >= 15 is 0 Å². The molecule has 170 valence electrons. The highest BCUT2D eigenvalue weighted by molar-refractivity contribution is 5.29. The molecule has 4 nitrogen and oxygen atoms in total. The van der Waals surface area contributed by atoms with Crippen LogP contribution in [0.4, 0.5) is 0 Å². The Morgan fingerprint density at radius 1 is 0.867 bits per heavy atom. The van der Waals surface area contributed by atoms with Crippen molar-refractivity contribution in [2.24, 2.45) is 5.92 Å². The van der Waals surface area contributed by atoms with Crippen molar-refractivity contribution < 1.29 is 5.21 Å². The quantitative estimate of drug-likeness (QED) is 0.325. The van der Waals surface area contributed by atoms with Gasteiger partial charge in [-0.2, -0.15) is 4.73 Å². The number of aromatic nitrogens is 1. The van der Waals surface area contributed by atoms with Crippen LogP contribution >= 0.6 is 0 Å². The minimum atomic E-state index is 0.115. The lowest BCUT2D eigenvalue weighted by Crippen LogP contribution is -2.51. The first-order valence-corrected chi connectivity index (χ1v) is 12.6. The Bertz CT molecular complexity index is 731. The van der Waals surface area contributed by atoms with Crippen molar-refractivity contribution in [1.82, 2.24) is 10.0 Å². The van der Waals surface area contributed by atoms with Crippen LogP contribution in [-0.2, 0) is 6.42 Å². The summed E-state index contributed by atoms with van der Waals surface area (Å²) in [5.74, 6) is 1.05. The summed E-state index contributed by atoms with van der Waals surface area (Å²) in [5, 5.41) is 14.1. The molecule has 3 fully saturated rings. The van der Waals surface area contributed by atoms with Crippen molar-refractivity contribution >= 4 is 0 Å². The topological polar surface area (TPSA) is 54.3 Å². The molecule has 0 atom stereocenters. The van der Waals surface area contributed by atoms with E-state index in [1.165, 1.54) is 94.7 Å². The van der Waals surface area contributed by atoms with E-state index in [-0.39, 0.29) is 5.43 Å². The Morgan fingerprint density at radius 2 is 1.40 bits per heavy atom. The molecule has 2 N–H and O–H groups in total. The summed E-state index contributed by atoms with van der Waals surface area (Å²) < 4.78 is 1.18. The van der Waals surface area contributed by atoms with Crippen LogP contribution in [0, 0.1) is 26.7 Å². The van der Waals surface area contributed by atoms with E-state index in [0.29, 0.717) is 22.5 Å². The Labute approximate surface area is 183 Å². The van der Waals surface area contributed by atoms with Crippen molar-refractivity contribution in [2.45, 2.75) is 123 Å². The predicted octanol–water partition coefficient (Wildman–Crippen LogP) is 5.99. The SMILES string of the molecule is Cc1c(C)n(O)c(C)c(CCCCCCCCCCNC23CCC(CC2)CC3)c1=O. The van der Waals surface area contributed by atoms with Crippen LogP contribution in [0.15, 0.2) is 4.79 Å². The molecule has 1 aromatic rings. The van der Waals surface area contributed by atoms with Gasteiger partial charge in [-0.05, 0) is 91.0 Å². The van der Waals surface area contributed by atoms with Gasteiger partial charge in [0.1, 0.15) is 0 Å². The first kappa shape index (κ1) is 23.4. The van der Waals surface area contributed by atoms with E-state index in [1.807, 2.05) is 13.8 Å². The molecule has 0 aliphatic heterocycles. The van der Waals surface area contributed by atoms with E-state index in [0.717, 1.165) is 24.3 Å². The molecule has 0 amide bonds. The third-order valence-corrected chi connectivity index (χ3v) is 8.18. The predicted molar refractivity (Wildman–Crippen MR) is 125 cm³/mol. The zero-order chi connectivity index (χ0) is 21.6. The van der Waals surface area contributed by atoms with E-state index in [4.69, 9.17) is 0 Å². The van der Waals surface area contributed by atoms with Gasteiger partial charge in [0.05, 0.1) is 11.4 Å². The molecule has 0 radical (unpaired) electrons. The van der Waals surface area contributed by atoms with Gasteiger partial charge >= 0.3 is 0 Å². The molecule has 30 heavy (non-hydrogen) atoms. The molecular formula is C26H44N2O2. The highest BCUT2D eigenvalue weighted by atomic mass is 16.5. The lowest BCUT2D eigenvalue weighted by molar-refractivity contribution is 0.105. The average molecular weight is 417 g/mol. The van der Waals surface area contributed by atoms with Gasteiger partial charge in [0, 0.05) is 16.7 Å². The molecule has 3 aliphatic rings. The Morgan fingerprint density at radius 3 is 2.00 bits per heavy atom. The van der Waals surface area contributed by atoms with Crippen LogP contribution in [0.1, 0.15) is 112 Å². The van der Waals surface area contributed by atoms with Crippen LogP contribution in [0.25, 0.3) is 0 Å². The summed E-state index contributed by atoms with van der Waals surface area (Å²) in [6.45, 7) is 6.66. The second-order valence-electron chi connectivity index (χ2n) is 10.2. The summed E-state index contributed by atoms with van der Waals surface area (Å²) in [5.41, 5.74) is 3.45. The monoisotopic (exact) mass is 416 g/mol. The fourth-order valence-electron chi connectivity index (χ4n) is 5.74. The van der Waals surface area contributed by atoms with Gasteiger partial charge in [0.2, 0.25) is 0 Å². The lowest BCUT2D eigenvalue weighted by atomic mass is 9.66. The van der Waals surface area contributed by atoms with E-state index in [9.17, 15) is 10.0 Å². The number of nitrogens with zero attached hydrogens (tertiary/aromatic N) is 1. The molecule has 2 bridgehead atoms. The highest BCUT2D eigenvalue weighted by Gasteiger charge is 2.39. The van der Waals surface area contributed by atoms with Gasteiger partial charge in [0.15, 0.2) is 5.43 Å². The molecule has 0 unspecified atom stereocenters. The largest absolute Gasteiger partial charge is 0.428 e. The third-order valence-electron chi connectivity index (χ3n) is 8.18. The van der Waals surface area contributed by atoms with E-state index in [2.05, 4.69) is 5.32 Å². The van der Waals surface area contributed by atoms with Crippen molar-refractivity contribution in [3.05, 3.63) is 32.7 Å². The minimum absolute atomic E-state index is 0.115. The molecule has 1 aromatic heterocycles. The minimum Gasteiger partial charge on any atom is -0.428 e. The van der Waals surface area contributed by atoms with Gasteiger partial charge in [-0.3, -0.25) is 4.79 Å². The Hall–Kier alpha value is -1.29. The standard InChI is InChI=1S/C26H44N2O2/c1-20-21(2)28(30)22(3)24(25(20)29)12-10-8-6-4-5-7-9-11-19-27-26-16-13-23(14-17-26)15-18-26/h23,27,30H,4-19H2,1-3H3. The van der Waals surface area contributed by atoms with Gasteiger partial charge in [-0.25, -0.2) is 0 Å². The second-order valence-corrected chi connectivity index (χ2v) is 10.2. The lowest BCUT2D eigenvalue weighted by Gasteiger charge is -2.47. The van der Waals surface area contributed by atoms with Crippen molar-refractivity contribution in [1.29, 1.82) is 0 Å². The first-order chi connectivity index (χ1) is 14.4. The fraction of sp³-hybridized carbons (Fsp3) is 0.808. The maximum absolute atomic E-state index is 12.5. The van der Waals surface area contributed by atoms with Gasteiger partial charge in [-0.15, -0.1) is 0 Å². The number of unbranched alkanes of at least 4 members (excludes halogenated alkanes) is 7. The third kappa shape index (κ3) is 5.69. The summed E-state index contributed by atoms with van der Waals surface area (Å²) >= 11 is 0. The van der Waals surface area contributed by atoms with E-state index < -0.39 is 0 Å². The normalized spacial score (nSPS) is 23.2. The maximum Gasteiger partial charge on any atom is 0.188 e. The average Bonchev–Trinajstić information content (AvgIpc) is 2.78. The summed E-state index contributed by atoms with van der Waals surface area (Å²) in [6.07, 6.45) is 19.5. The molecule has 0 saturated heterocycles. The van der Waals surface area contributed by atoms with Crippen molar-refractivity contribution in [2.75, 3.05) is 6.54 Å². The molecule has 4 rings (SSSR count). The van der Waals surface area contributed by atoms with Gasteiger partial charge in [0.25, 0.3) is 0 Å². The van der Waals surface area contributed by atoms with Crippen molar-refractivity contribution in [3.63, 3.8) is 0 Å². The summed E-state index contributed by atoms with van der Waals surface area (Å²) in [4.78, 5) is 12.5. The van der Waals surface area contributed by atoms with Crippen LogP contribution in [0.2, 0.25) is 0 Å².